The van der Waals surface area contributed by atoms with Gasteiger partial charge >= 0.3 is 6.18 Å². The van der Waals surface area contributed by atoms with Gasteiger partial charge < -0.3 is 15.4 Å². The molecule has 0 spiro atoms. The fourth-order valence-corrected chi connectivity index (χ4v) is 1.59. The minimum atomic E-state index is -4.32. The van der Waals surface area contributed by atoms with E-state index in [9.17, 15) is 18.0 Å². The normalized spacial score (nSPS) is 12.8. The van der Waals surface area contributed by atoms with Gasteiger partial charge in [-0.15, -0.1) is 0 Å². The average molecular weight is 290 g/mol. The molecule has 112 valence electrons. The summed E-state index contributed by atoms with van der Waals surface area (Å²) in [7, 11) is 1.55. The first-order chi connectivity index (χ1) is 9.31. The standard InChI is InChI=1S/C13H17F3N2O2/c1-9(10-3-5-11(20-2)6-4-10)18-12(19)7-17-8-13(14,15)16/h3-6,9,17H,7-8H2,1-2H3,(H,18,19)/t9-/m1/s1. The molecule has 0 aliphatic rings. The first-order valence-electron chi connectivity index (χ1n) is 6.02. The number of nitrogens with one attached hydrogen (secondary N) is 2. The van der Waals surface area contributed by atoms with Crippen molar-refractivity contribution in [2.75, 3.05) is 20.2 Å². The summed E-state index contributed by atoms with van der Waals surface area (Å²) in [5.41, 5.74) is 0.843. The predicted molar refractivity (Wildman–Crippen MR) is 68.5 cm³/mol. The van der Waals surface area contributed by atoms with E-state index in [2.05, 4.69) is 5.32 Å². The van der Waals surface area contributed by atoms with Gasteiger partial charge in [-0.3, -0.25) is 4.79 Å². The highest BCUT2D eigenvalue weighted by atomic mass is 19.4. The Morgan fingerprint density at radius 2 is 1.90 bits per heavy atom. The second-order valence-electron chi connectivity index (χ2n) is 4.28. The molecule has 20 heavy (non-hydrogen) atoms. The molecule has 0 saturated carbocycles. The second-order valence-corrected chi connectivity index (χ2v) is 4.28. The van der Waals surface area contributed by atoms with E-state index >= 15 is 0 Å². The third-order valence-corrected chi connectivity index (χ3v) is 2.60. The van der Waals surface area contributed by atoms with E-state index in [0.29, 0.717) is 5.75 Å². The Labute approximate surface area is 115 Å². The van der Waals surface area contributed by atoms with Gasteiger partial charge in [0.15, 0.2) is 0 Å². The molecule has 1 amide bonds. The Morgan fingerprint density at radius 3 is 2.40 bits per heavy atom. The molecular formula is C13H17F3N2O2. The van der Waals surface area contributed by atoms with E-state index < -0.39 is 18.6 Å². The zero-order valence-corrected chi connectivity index (χ0v) is 11.3. The summed E-state index contributed by atoms with van der Waals surface area (Å²) in [6.45, 7) is 0.195. The summed E-state index contributed by atoms with van der Waals surface area (Å²) in [5.74, 6) is 0.205. The summed E-state index contributed by atoms with van der Waals surface area (Å²) in [6.07, 6.45) is -4.32. The number of rotatable bonds is 6. The highest BCUT2D eigenvalue weighted by Gasteiger charge is 2.26. The number of hydrogen-bond acceptors (Lipinski definition) is 3. The first-order valence-corrected chi connectivity index (χ1v) is 6.02. The number of ether oxygens (including phenoxy) is 1. The summed E-state index contributed by atoms with van der Waals surface area (Å²) in [6, 6.07) is 6.78. The minimum absolute atomic E-state index is 0.291. The second kappa shape index (κ2) is 7.14. The Kier molecular flexibility index (Phi) is 5.82. The quantitative estimate of drug-likeness (QED) is 0.843. The van der Waals surface area contributed by atoms with Crippen LogP contribution in [-0.2, 0) is 4.79 Å². The molecule has 0 aliphatic heterocycles. The molecule has 1 aromatic rings. The SMILES string of the molecule is COc1ccc([C@@H](C)NC(=O)CNCC(F)(F)F)cc1. The van der Waals surface area contributed by atoms with Gasteiger partial charge in [0.05, 0.1) is 26.2 Å². The topological polar surface area (TPSA) is 50.4 Å². The molecule has 0 bridgehead atoms. The number of carbonyl (C=O) groups excluding carboxylic acids is 1. The van der Waals surface area contributed by atoms with Crippen LogP contribution in [0, 0.1) is 0 Å². The smallest absolute Gasteiger partial charge is 0.401 e. The fraction of sp³-hybridized carbons (Fsp3) is 0.462. The highest BCUT2D eigenvalue weighted by molar-refractivity contribution is 5.78. The molecule has 0 saturated heterocycles. The van der Waals surface area contributed by atoms with Crippen molar-refractivity contribution in [2.24, 2.45) is 0 Å². The predicted octanol–water partition coefficient (Wildman–Crippen LogP) is 2.02. The lowest BCUT2D eigenvalue weighted by molar-refractivity contribution is -0.128. The molecule has 0 fully saturated rings. The van der Waals surface area contributed by atoms with Crippen LogP contribution in [0.25, 0.3) is 0 Å². The highest BCUT2D eigenvalue weighted by Crippen LogP contribution is 2.17. The number of benzene rings is 1. The van der Waals surface area contributed by atoms with E-state index in [1.165, 1.54) is 0 Å². The maximum atomic E-state index is 11.9. The molecule has 7 heteroatoms. The van der Waals surface area contributed by atoms with Crippen LogP contribution in [0.3, 0.4) is 0 Å². The van der Waals surface area contributed by atoms with Crippen LogP contribution < -0.4 is 15.4 Å². The van der Waals surface area contributed by atoms with Crippen LogP contribution in [-0.4, -0.2) is 32.3 Å². The number of halogens is 3. The van der Waals surface area contributed by atoms with Crippen molar-refractivity contribution in [1.82, 2.24) is 10.6 Å². The minimum Gasteiger partial charge on any atom is -0.497 e. The van der Waals surface area contributed by atoms with Crippen LogP contribution in [0.1, 0.15) is 18.5 Å². The Hall–Kier alpha value is -1.76. The summed E-state index contributed by atoms with van der Waals surface area (Å²) in [4.78, 5) is 11.5. The van der Waals surface area contributed by atoms with Gasteiger partial charge in [-0.05, 0) is 24.6 Å². The maximum Gasteiger partial charge on any atom is 0.401 e. The zero-order chi connectivity index (χ0) is 15.2. The van der Waals surface area contributed by atoms with Crippen molar-refractivity contribution in [3.05, 3.63) is 29.8 Å². The molecule has 1 aromatic carbocycles. The zero-order valence-electron chi connectivity index (χ0n) is 11.3. The van der Waals surface area contributed by atoms with Crippen molar-refractivity contribution in [2.45, 2.75) is 19.1 Å². The number of alkyl halides is 3. The molecule has 0 heterocycles. The molecule has 0 radical (unpaired) electrons. The van der Waals surface area contributed by atoms with Gasteiger partial charge in [-0.25, -0.2) is 0 Å². The molecule has 4 nitrogen and oxygen atoms in total. The maximum absolute atomic E-state index is 11.9. The number of amides is 1. The van der Waals surface area contributed by atoms with Gasteiger partial charge in [-0.2, -0.15) is 13.2 Å². The largest absolute Gasteiger partial charge is 0.497 e. The lowest BCUT2D eigenvalue weighted by Gasteiger charge is -2.15. The first kappa shape index (κ1) is 16.3. The van der Waals surface area contributed by atoms with Crippen molar-refractivity contribution in [1.29, 1.82) is 0 Å². The van der Waals surface area contributed by atoms with Crippen LogP contribution >= 0.6 is 0 Å². The van der Waals surface area contributed by atoms with Crippen LogP contribution in [0.15, 0.2) is 24.3 Å². The molecule has 1 atom stereocenters. The number of carbonyl (C=O) groups is 1. The monoisotopic (exact) mass is 290 g/mol. The lowest BCUT2D eigenvalue weighted by Crippen LogP contribution is -2.39. The molecule has 0 unspecified atom stereocenters. The van der Waals surface area contributed by atoms with Gasteiger partial charge in [0.2, 0.25) is 5.91 Å². The molecule has 1 rings (SSSR count). The third kappa shape index (κ3) is 5.92. The summed E-state index contributed by atoms with van der Waals surface area (Å²) in [5, 5.41) is 4.65. The van der Waals surface area contributed by atoms with Crippen molar-refractivity contribution < 1.29 is 22.7 Å². The number of hydrogen-bond donors (Lipinski definition) is 2. The summed E-state index contributed by atoms with van der Waals surface area (Å²) >= 11 is 0. The Morgan fingerprint density at radius 1 is 1.30 bits per heavy atom. The Bertz CT molecular complexity index is 432. The van der Waals surface area contributed by atoms with Crippen LogP contribution in [0.5, 0.6) is 5.75 Å². The number of methoxy groups -OCH3 is 1. The van der Waals surface area contributed by atoms with Crippen LogP contribution in [0.2, 0.25) is 0 Å². The fourth-order valence-electron chi connectivity index (χ4n) is 1.59. The molecule has 0 aliphatic carbocycles. The lowest BCUT2D eigenvalue weighted by atomic mass is 10.1. The van der Waals surface area contributed by atoms with Crippen molar-refractivity contribution in [3.63, 3.8) is 0 Å². The van der Waals surface area contributed by atoms with Gasteiger partial charge in [0, 0.05) is 0 Å². The van der Waals surface area contributed by atoms with Crippen molar-refractivity contribution in [3.8, 4) is 5.75 Å². The van der Waals surface area contributed by atoms with E-state index in [4.69, 9.17) is 4.74 Å². The average Bonchev–Trinajstić information content (AvgIpc) is 2.37. The van der Waals surface area contributed by atoms with Gasteiger partial charge in [-0.1, -0.05) is 12.1 Å². The van der Waals surface area contributed by atoms with E-state index in [-0.39, 0.29) is 12.6 Å². The van der Waals surface area contributed by atoms with E-state index in [1.807, 2.05) is 5.32 Å². The van der Waals surface area contributed by atoms with E-state index in [0.717, 1.165) is 5.56 Å². The van der Waals surface area contributed by atoms with Gasteiger partial charge in [0.1, 0.15) is 5.75 Å². The van der Waals surface area contributed by atoms with Gasteiger partial charge in [0.25, 0.3) is 0 Å². The molecule has 0 aromatic heterocycles. The third-order valence-electron chi connectivity index (χ3n) is 2.60. The molecule has 2 N–H and O–H groups in total. The summed E-state index contributed by atoms with van der Waals surface area (Å²) < 4.78 is 40.7. The molecular weight excluding hydrogens is 273 g/mol. The Balaban J connectivity index is 2.40. The van der Waals surface area contributed by atoms with Crippen molar-refractivity contribution >= 4 is 5.91 Å². The van der Waals surface area contributed by atoms with Crippen LogP contribution in [0.4, 0.5) is 13.2 Å². The van der Waals surface area contributed by atoms with E-state index in [1.54, 1.807) is 38.3 Å².